The molecule has 0 bridgehead atoms. The molecule has 2 aromatic heterocycles. The van der Waals surface area contributed by atoms with Crippen molar-refractivity contribution in [1.29, 1.82) is 0 Å². The maximum absolute atomic E-state index is 11.5. The zero-order chi connectivity index (χ0) is 12.1. The number of H-pyrrole nitrogens is 1. The van der Waals surface area contributed by atoms with E-state index in [-0.39, 0.29) is 6.03 Å². The second kappa shape index (κ2) is 5.49. The minimum absolute atomic E-state index is 0.175. The molecule has 0 aliphatic carbocycles. The van der Waals surface area contributed by atoms with Crippen LogP contribution in [0, 0.1) is 6.92 Å². The van der Waals surface area contributed by atoms with Crippen molar-refractivity contribution in [2.24, 2.45) is 0 Å². The molecule has 0 saturated heterocycles. The van der Waals surface area contributed by atoms with Crippen LogP contribution in [0.5, 0.6) is 0 Å². The number of aromatic nitrogens is 2. The molecule has 2 heterocycles. The number of rotatable bonds is 4. The van der Waals surface area contributed by atoms with Gasteiger partial charge in [-0.05, 0) is 25.0 Å². The molecule has 0 unspecified atom stereocenters. The molecule has 3 N–H and O–H groups in total. The molecule has 2 aromatic rings. The van der Waals surface area contributed by atoms with E-state index >= 15 is 0 Å². The number of amides is 2. The molecule has 0 aromatic carbocycles. The number of nitrogens with zero attached hydrogens (tertiary/aromatic N) is 1. The normalized spacial score (nSPS) is 10.2. The fourth-order valence-corrected chi connectivity index (χ4v) is 2.05. The maximum atomic E-state index is 11.5. The Morgan fingerprint density at radius 2 is 2.47 bits per heavy atom. The van der Waals surface area contributed by atoms with Crippen molar-refractivity contribution in [2.45, 2.75) is 13.3 Å². The van der Waals surface area contributed by atoms with Gasteiger partial charge in [0.15, 0.2) is 0 Å². The molecule has 0 radical (unpaired) electrons. The van der Waals surface area contributed by atoms with E-state index in [1.807, 2.05) is 24.6 Å². The van der Waals surface area contributed by atoms with E-state index in [1.54, 1.807) is 17.5 Å². The Balaban J connectivity index is 1.71. The Labute approximate surface area is 103 Å². The molecule has 6 heteroatoms. The van der Waals surface area contributed by atoms with Crippen LogP contribution in [0.2, 0.25) is 0 Å². The molecule has 2 amide bonds. The number of urea groups is 1. The minimum Gasteiger partial charge on any atom is -0.338 e. The first-order valence-corrected chi connectivity index (χ1v) is 6.19. The van der Waals surface area contributed by atoms with Crippen LogP contribution in [0.15, 0.2) is 23.8 Å². The molecule has 5 nitrogen and oxygen atoms in total. The quantitative estimate of drug-likeness (QED) is 0.778. The third-order valence-corrected chi connectivity index (χ3v) is 3.10. The van der Waals surface area contributed by atoms with Crippen molar-refractivity contribution in [3.05, 3.63) is 34.3 Å². The molecule has 0 atom stereocenters. The highest BCUT2D eigenvalue weighted by molar-refractivity contribution is 7.10. The second-order valence-corrected chi connectivity index (χ2v) is 4.80. The lowest BCUT2D eigenvalue weighted by Gasteiger charge is -2.04. The van der Waals surface area contributed by atoms with Gasteiger partial charge in [-0.2, -0.15) is 5.10 Å². The Hall–Kier alpha value is -1.82. The summed E-state index contributed by atoms with van der Waals surface area (Å²) in [6.07, 6.45) is 4.34. The van der Waals surface area contributed by atoms with E-state index in [0.29, 0.717) is 6.54 Å². The van der Waals surface area contributed by atoms with Gasteiger partial charge in [0.05, 0.1) is 11.9 Å². The lowest BCUT2D eigenvalue weighted by molar-refractivity contribution is 0.252. The van der Waals surface area contributed by atoms with Crippen molar-refractivity contribution >= 4 is 23.1 Å². The van der Waals surface area contributed by atoms with Crippen LogP contribution in [0.1, 0.15) is 10.4 Å². The first-order valence-electron chi connectivity index (χ1n) is 5.31. The summed E-state index contributed by atoms with van der Waals surface area (Å²) in [6, 6.07) is 1.77. The highest BCUT2D eigenvalue weighted by atomic mass is 32.1. The standard InChI is InChI=1S/C11H14N4OS/c1-8-4-10(7-17-8)15-11(16)12-3-2-9-5-13-14-6-9/h4-7H,2-3H2,1H3,(H,13,14)(H2,12,15,16). The molecule has 0 aliphatic heterocycles. The van der Waals surface area contributed by atoms with Crippen LogP contribution in [-0.2, 0) is 6.42 Å². The Morgan fingerprint density at radius 1 is 1.59 bits per heavy atom. The fourth-order valence-electron chi connectivity index (χ4n) is 1.42. The van der Waals surface area contributed by atoms with Crippen LogP contribution in [0.4, 0.5) is 10.5 Å². The zero-order valence-electron chi connectivity index (χ0n) is 9.49. The Kier molecular flexibility index (Phi) is 3.77. The highest BCUT2D eigenvalue weighted by Gasteiger charge is 2.02. The number of aryl methyl sites for hydroxylation is 1. The van der Waals surface area contributed by atoms with Crippen molar-refractivity contribution < 1.29 is 4.79 Å². The van der Waals surface area contributed by atoms with E-state index in [0.717, 1.165) is 17.7 Å². The summed E-state index contributed by atoms with van der Waals surface area (Å²) in [5, 5.41) is 14.1. The van der Waals surface area contributed by atoms with E-state index in [4.69, 9.17) is 0 Å². The fraction of sp³-hybridized carbons (Fsp3) is 0.273. The number of carbonyl (C=O) groups is 1. The molecule has 0 fully saturated rings. The van der Waals surface area contributed by atoms with Gasteiger partial charge in [-0.1, -0.05) is 0 Å². The van der Waals surface area contributed by atoms with Gasteiger partial charge in [0.1, 0.15) is 0 Å². The third kappa shape index (κ3) is 3.60. The molecular formula is C11H14N4OS. The third-order valence-electron chi connectivity index (χ3n) is 2.24. The lowest BCUT2D eigenvalue weighted by atomic mass is 10.2. The van der Waals surface area contributed by atoms with Crippen LogP contribution >= 0.6 is 11.3 Å². The monoisotopic (exact) mass is 250 g/mol. The number of thiophene rings is 1. The Morgan fingerprint density at radius 3 is 3.12 bits per heavy atom. The van der Waals surface area contributed by atoms with Gasteiger partial charge in [0.2, 0.25) is 0 Å². The maximum Gasteiger partial charge on any atom is 0.319 e. The van der Waals surface area contributed by atoms with Crippen molar-refractivity contribution in [1.82, 2.24) is 15.5 Å². The summed E-state index contributed by atoms with van der Waals surface area (Å²) in [6.45, 7) is 2.60. The van der Waals surface area contributed by atoms with E-state index in [1.165, 1.54) is 4.88 Å². The number of hydrogen-bond donors (Lipinski definition) is 3. The average Bonchev–Trinajstić information content (AvgIpc) is 2.90. The predicted molar refractivity (Wildman–Crippen MR) is 68.4 cm³/mol. The largest absolute Gasteiger partial charge is 0.338 e. The summed E-state index contributed by atoms with van der Waals surface area (Å²) in [7, 11) is 0. The molecule has 17 heavy (non-hydrogen) atoms. The lowest BCUT2D eigenvalue weighted by Crippen LogP contribution is -2.30. The van der Waals surface area contributed by atoms with E-state index in [9.17, 15) is 4.79 Å². The summed E-state index contributed by atoms with van der Waals surface area (Å²) in [4.78, 5) is 12.7. The summed E-state index contributed by atoms with van der Waals surface area (Å²) in [5.41, 5.74) is 1.92. The van der Waals surface area contributed by atoms with Crippen molar-refractivity contribution in [2.75, 3.05) is 11.9 Å². The predicted octanol–water partition coefficient (Wildman–Crippen LogP) is 2.14. The number of anilines is 1. The van der Waals surface area contributed by atoms with Gasteiger partial charge in [0.25, 0.3) is 0 Å². The van der Waals surface area contributed by atoms with E-state index in [2.05, 4.69) is 20.8 Å². The second-order valence-electron chi connectivity index (χ2n) is 3.68. The van der Waals surface area contributed by atoms with Gasteiger partial charge in [-0.25, -0.2) is 4.79 Å². The number of nitrogens with one attached hydrogen (secondary N) is 3. The first kappa shape index (κ1) is 11.7. The molecule has 0 saturated carbocycles. The highest BCUT2D eigenvalue weighted by Crippen LogP contribution is 2.17. The topological polar surface area (TPSA) is 69.8 Å². The SMILES string of the molecule is Cc1cc(NC(=O)NCCc2cn[nH]c2)cs1. The molecule has 0 spiro atoms. The van der Waals surface area contributed by atoms with E-state index < -0.39 is 0 Å². The van der Waals surface area contributed by atoms with Gasteiger partial charge >= 0.3 is 6.03 Å². The first-order chi connectivity index (χ1) is 8.24. The average molecular weight is 250 g/mol. The van der Waals surface area contributed by atoms with Crippen LogP contribution in [-0.4, -0.2) is 22.8 Å². The van der Waals surface area contributed by atoms with Gasteiger partial charge in [-0.15, -0.1) is 11.3 Å². The van der Waals surface area contributed by atoms with Gasteiger partial charge in [-0.3, -0.25) is 5.10 Å². The molecule has 90 valence electrons. The molecule has 2 rings (SSSR count). The smallest absolute Gasteiger partial charge is 0.319 e. The zero-order valence-corrected chi connectivity index (χ0v) is 10.3. The summed E-state index contributed by atoms with van der Waals surface area (Å²) >= 11 is 1.61. The van der Waals surface area contributed by atoms with Gasteiger partial charge < -0.3 is 10.6 Å². The minimum atomic E-state index is -0.175. The molecular weight excluding hydrogens is 236 g/mol. The number of aromatic amines is 1. The van der Waals surface area contributed by atoms with Gasteiger partial charge in [0, 0.05) is 23.0 Å². The Bertz CT molecular complexity index is 477. The summed E-state index contributed by atoms with van der Waals surface area (Å²) < 4.78 is 0. The summed E-state index contributed by atoms with van der Waals surface area (Å²) in [5.74, 6) is 0. The van der Waals surface area contributed by atoms with Crippen molar-refractivity contribution in [3.63, 3.8) is 0 Å². The van der Waals surface area contributed by atoms with Crippen LogP contribution in [0.25, 0.3) is 0 Å². The van der Waals surface area contributed by atoms with Crippen LogP contribution < -0.4 is 10.6 Å². The number of carbonyl (C=O) groups excluding carboxylic acids is 1. The van der Waals surface area contributed by atoms with Crippen LogP contribution in [0.3, 0.4) is 0 Å². The number of hydrogen-bond acceptors (Lipinski definition) is 3. The molecule has 0 aliphatic rings. The van der Waals surface area contributed by atoms with Crippen molar-refractivity contribution in [3.8, 4) is 0 Å².